The highest BCUT2D eigenvalue weighted by molar-refractivity contribution is 6.29. The zero-order chi connectivity index (χ0) is 33.0. The van der Waals surface area contributed by atoms with E-state index in [1.807, 2.05) is 0 Å². The first-order valence-corrected chi connectivity index (χ1v) is 17.4. The van der Waals surface area contributed by atoms with E-state index in [1.54, 1.807) is 0 Å². The van der Waals surface area contributed by atoms with Crippen LogP contribution in [0.1, 0.15) is 0 Å². The van der Waals surface area contributed by atoms with Crippen LogP contribution in [-0.2, 0) is 0 Å². The first-order valence-electron chi connectivity index (χ1n) is 17.4. The molecule has 0 radical (unpaired) electrons. The number of hydrogen-bond acceptors (Lipinski definition) is 0. The summed E-state index contributed by atoms with van der Waals surface area (Å²) in [5, 5.41) is 12.7. The van der Waals surface area contributed by atoms with E-state index in [2.05, 4.69) is 194 Å². The summed E-state index contributed by atoms with van der Waals surface area (Å²) in [5.41, 5.74) is 9.88. The van der Waals surface area contributed by atoms with Gasteiger partial charge < -0.3 is 0 Å². The van der Waals surface area contributed by atoms with E-state index < -0.39 is 0 Å². The number of fused-ring (bicyclic) bond motifs is 8. The number of hydrogen-bond donors (Lipinski definition) is 0. The molecule has 0 bridgehead atoms. The molecule has 0 aliphatic rings. The molecule has 0 atom stereocenters. The minimum Gasteiger partial charge on any atom is -0.0622 e. The van der Waals surface area contributed by atoms with E-state index in [-0.39, 0.29) is 0 Å². The second-order valence-corrected chi connectivity index (χ2v) is 13.2. The maximum atomic E-state index is 2.39. The van der Waals surface area contributed by atoms with Gasteiger partial charge in [-0.05, 0) is 111 Å². The molecule has 0 aliphatic carbocycles. The van der Waals surface area contributed by atoms with E-state index in [1.165, 1.54) is 98.4 Å². The van der Waals surface area contributed by atoms with Crippen LogP contribution in [0.5, 0.6) is 0 Å². The van der Waals surface area contributed by atoms with Crippen molar-refractivity contribution in [3.8, 4) is 44.5 Å². The summed E-state index contributed by atoms with van der Waals surface area (Å²) in [4.78, 5) is 0. The maximum Gasteiger partial charge on any atom is -0.00201 e. The molecule has 0 amide bonds. The van der Waals surface area contributed by atoms with Crippen LogP contribution < -0.4 is 0 Å². The van der Waals surface area contributed by atoms with E-state index in [0.717, 1.165) is 0 Å². The monoisotopic (exact) mass is 632 g/mol. The summed E-state index contributed by atoms with van der Waals surface area (Å²) in [6.45, 7) is 0. The lowest BCUT2D eigenvalue weighted by atomic mass is 9.82. The summed E-state index contributed by atoms with van der Waals surface area (Å²) in [5.74, 6) is 0. The third kappa shape index (κ3) is 4.46. The van der Waals surface area contributed by atoms with Crippen LogP contribution in [0.4, 0.5) is 0 Å². The molecule has 10 aromatic rings. The molecule has 50 heavy (non-hydrogen) atoms. The van der Waals surface area contributed by atoms with Gasteiger partial charge in [0.1, 0.15) is 0 Å². The molecular weight excluding hydrogens is 601 g/mol. The summed E-state index contributed by atoms with van der Waals surface area (Å²) >= 11 is 0. The van der Waals surface area contributed by atoms with E-state index in [0.29, 0.717) is 0 Å². The molecule has 10 aromatic carbocycles. The lowest BCUT2D eigenvalue weighted by Gasteiger charge is -2.21. The zero-order valence-corrected chi connectivity index (χ0v) is 27.5. The third-order valence-electron chi connectivity index (χ3n) is 10.4. The minimum atomic E-state index is 1.22. The lowest BCUT2D eigenvalue weighted by Crippen LogP contribution is -1.94. The minimum absolute atomic E-state index is 1.22. The van der Waals surface area contributed by atoms with Gasteiger partial charge in [-0.2, -0.15) is 0 Å². The highest BCUT2D eigenvalue weighted by Crippen LogP contribution is 2.48. The van der Waals surface area contributed by atoms with Gasteiger partial charge in [-0.25, -0.2) is 0 Å². The van der Waals surface area contributed by atoms with Crippen molar-refractivity contribution < 1.29 is 0 Å². The van der Waals surface area contributed by atoms with Crippen molar-refractivity contribution in [2.45, 2.75) is 0 Å². The molecule has 0 aliphatic heterocycles. The van der Waals surface area contributed by atoms with Crippen LogP contribution >= 0.6 is 0 Å². The Labute approximate surface area is 291 Å². The third-order valence-corrected chi connectivity index (χ3v) is 10.4. The predicted octanol–water partition coefficient (Wildman–Crippen LogP) is 14.1. The Hall–Kier alpha value is -6.50. The van der Waals surface area contributed by atoms with Gasteiger partial charge in [0, 0.05) is 0 Å². The van der Waals surface area contributed by atoms with Crippen LogP contribution in [0.15, 0.2) is 194 Å². The highest BCUT2D eigenvalue weighted by Gasteiger charge is 2.20. The normalized spacial score (nSPS) is 11.6. The molecule has 10 rings (SSSR count). The summed E-state index contributed by atoms with van der Waals surface area (Å²) in [7, 11) is 0. The Bertz CT molecular complexity index is 2870. The number of benzene rings is 10. The second-order valence-electron chi connectivity index (χ2n) is 13.2. The topological polar surface area (TPSA) is 0 Å². The van der Waals surface area contributed by atoms with Crippen molar-refractivity contribution in [1.82, 2.24) is 0 Å². The van der Waals surface area contributed by atoms with Gasteiger partial charge in [0.05, 0.1) is 0 Å². The SMILES string of the molecule is c1ccc(-c2ccccc2-c2c(-c3ccccc3-c3cccc4c5ccccc5c5ccccc5c34)ccc3cc4ccccc4cc23)cc1. The Balaban J connectivity index is 1.33. The molecule has 0 saturated heterocycles. The van der Waals surface area contributed by atoms with Gasteiger partial charge in [-0.15, -0.1) is 0 Å². The van der Waals surface area contributed by atoms with Crippen LogP contribution in [0.2, 0.25) is 0 Å². The standard InChI is InChI=1S/C50H32/c1-2-15-33(16-3-1)37-19-6-12-25-43(37)50-47(30-29-36-31-34-17-4-5-18-35(34)32-48(36)50)42-24-10-9-23-41(42)46-28-14-27-45-40-21-8-7-20-38(40)39-22-11-13-26-44(39)49(45)46/h1-32H. The fourth-order valence-electron chi connectivity index (χ4n) is 8.23. The molecule has 0 heteroatoms. The Morgan fingerprint density at radius 2 is 0.700 bits per heavy atom. The molecule has 0 heterocycles. The van der Waals surface area contributed by atoms with Crippen LogP contribution in [0.25, 0.3) is 98.4 Å². The van der Waals surface area contributed by atoms with Gasteiger partial charge in [0.15, 0.2) is 0 Å². The second kappa shape index (κ2) is 11.6. The molecular formula is C50H32. The summed E-state index contributed by atoms with van der Waals surface area (Å²) < 4.78 is 0. The lowest BCUT2D eigenvalue weighted by molar-refractivity contribution is 1.58. The van der Waals surface area contributed by atoms with Crippen LogP contribution in [0.3, 0.4) is 0 Å². The number of rotatable bonds is 4. The molecule has 0 spiro atoms. The molecule has 0 nitrogen and oxygen atoms in total. The van der Waals surface area contributed by atoms with Crippen molar-refractivity contribution in [2.24, 2.45) is 0 Å². The average molecular weight is 633 g/mol. The van der Waals surface area contributed by atoms with E-state index in [4.69, 9.17) is 0 Å². The highest BCUT2D eigenvalue weighted by atomic mass is 14.2. The van der Waals surface area contributed by atoms with Crippen molar-refractivity contribution >= 4 is 53.9 Å². The Morgan fingerprint density at radius 1 is 0.220 bits per heavy atom. The van der Waals surface area contributed by atoms with E-state index >= 15 is 0 Å². The molecule has 0 aromatic heterocycles. The molecule has 0 fully saturated rings. The van der Waals surface area contributed by atoms with Crippen molar-refractivity contribution in [3.05, 3.63) is 194 Å². The fourth-order valence-corrected chi connectivity index (χ4v) is 8.23. The molecule has 0 N–H and O–H groups in total. The predicted molar refractivity (Wildman–Crippen MR) is 216 cm³/mol. The molecule has 232 valence electrons. The Morgan fingerprint density at radius 3 is 1.40 bits per heavy atom. The average Bonchev–Trinajstić information content (AvgIpc) is 3.20. The first-order chi connectivity index (χ1) is 24.8. The smallest absolute Gasteiger partial charge is 0.00201 e. The van der Waals surface area contributed by atoms with Gasteiger partial charge in [-0.1, -0.05) is 182 Å². The van der Waals surface area contributed by atoms with Crippen LogP contribution in [-0.4, -0.2) is 0 Å². The van der Waals surface area contributed by atoms with Gasteiger partial charge >= 0.3 is 0 Å². The van der Waals surface area contributed by atoms with E-state index in [9.17, 15) is 0 Å². The largest absolute Gasteiger partial charge is 0.0622 e. The first kappa shape index (κ1) is 28.5. The van der Waals surface area contributed by atoms with Crippen molar-refractivity contribution in [1.29, 1.82) is 0 Å². The summed E-state index contributed by atoms with van der Waals surface area (Å²) in [6.07, 6.45) is 0. The van der Waals surface area contributed by atoms with Crippen molar-refractivity contribution in [3.63, 3.8) is 0 Å². The molecule has 0 unspecified atom stereocenters. The van der Waals surface area contributed by atoms with Gasteiger partial charge in [0.2, 0.25) is 0 Å². The summed E-state index contributed by atoms with van der Waals surface area (Å²) in [6, 6.07) is 71.4. The van der Waals surface area contributed by atoms with Crippen molar-refractivity contribution in [2.75, 3.05) is 0 Å². The quantitative estimate of drug-likeness (QED) is 0.134. The maximum absolute atomic E-state index is 2.39. The Kier molecular flexibility index (Phi) is 6.60. The fraction of sp³-hybridized carbons (Fsp3) is 0. The molecule has 0 saturated carbocycles. The van der Waals surface area contributed by atoms with Gasteiger partial charge in [0.25, 0.3) is 0 Å². The van der Waals surface area contributed by atoms with Crippen LogP contribution in [0, 0.1) is 0 Å². The van der Waals surface area contributed by atoms with Gasteiger partial charge in [-0.3, -0.25) is 0 Å². The zero-order valence-electron chi connectivity index (χ0n) is 27.5.